The summed E-state index contributed by atoms with van der Waals surface area (Å²) in [6.45, 7) is 14.0. The van der Waals surface area contributed by atoms with Crippen molar-refractivity contribution in [1.82, 2.24) is 0 Å². The molecule has 0 unspecified atom stereocenters. The van der Waals surface area contributed by atoms with Gasteiger partial charge in [-0.15, -0.1) is 0 Å². The molecule has 0 heterocycles. The molecule has 1 aromatic rings. The van der Waals surface area contributed by atoms with Crippen LogP contribution in [0.25, 0.3) is 0 Å². The minimum Gasteiger partial charge on any atom is -0.375 e. The molecule has 2 heteroatoms. The van der Waals surface area contributed by atoms with E-state index in [0.29, 0.717) is 5.41 Å². The molecule has 0 amide bonds. The van der Waals surface area contributed by atoms with Crippen molar-refractivity contribution < 1.29 is 0 Å². The lowest BCUT2D eigenvalue weighted by atomic mass is 9.92. The van der Waals surface area contributed by atoms with Crippen LogP contribution in [-0.4, -0.2) is 8.24 Å². The van der Waals surface area contributed by atoms with E-state index in [-0.39, 0.29) is 0 Å². The number of anilines is 1. The maximum Gasteiger partial charge on any atom is 0.161 e. The van der Waals surface area contributed by atoms with Crippen LogP contribution >= 0.6 is 0 Å². The highest BCUT2D eigenvalue weighted by Gasteiger charge is 2.33. The van der Waals surface area contributed by atoms with E-state index >= 15 is 0 Å². The molecule has 0 aliphatic heterocycles. The summed E-state index contributed by atoms with van der Waals surface area (Å²) >= 11 is 0. The SMILES string of the molecule is CC[Si](CC)(CC)N(/C=C/CC(C)(C)C)c1ccccc1. The van der Waals surface area contributed by atoms with E-state index in [1.165, 1.54) is 23.8 Å². The van der Waals surface area contributed by atoms with Crippen molar-refractivity contribution in [3.8, 4) is 0 Å². The standard InChI is InChI=1S/C19H33NSi/c1-7-21(8-2,9-3)20(17-13-16-19(4,5)6)18-14-11-10-12-15-18/h10-15,17H,7-9,16H2,1-6H3/b17-13+. The van der Waals surface area contributed by atoms with E-state index in [0.717, 1.165) is 6.42 Å². The predicted molar refractivity (Wildman–Crippen MR) is 99.3 cm³/mol. The molecule has 0 aromatic heterocycles. The van der Waals surface area contributed by atoms with Crippen LogP contribution < -0.4 is 4.57 Å². The van der Waals surface area contributed by atoms with Gasteiger partial charge in [-0.05, 0) is 48.3 Å². The molecule has 0 N–H and O–H groups in total. The van der Waals surface area contributed by atoms with Gasteiger partial charge in [-0.3, -0.25) is 0 Å². The molecule has 21 heavy (non-hydrogen) atoms. The highest BCUT2D eigenvalue weighted by molar-refractivity contribution is 6.83. The number of allylic oxidation sites excluding steroid dienone is 1. The van der Waals surface area contributed by atoms with E-state index in [1.807, 2.05) is 0 Å². The highest BCUT2D eigenvalue weighted by Crippen LogP contribution is 2.31. The Hall–Kier alpha value is -1.02. The lowest BCUT2D eigenvalue weighted by Gasteiger charge is -2.40. The van der Waals surface area contributed by atoms with Crippen LogP contribution in [0.4, 0.5) is 5.69 Å². The fourth-order valence-corrected chi connectivity index (χ4v) is 6.52. The summed E-state index contributed by atoms with van der Waals surface area (Å²) in [5, 5.41) is 0. The smallest absolute Gasteiger partial charge is 0.161 e. The average molecular weight is 304 g/mol. The Bertz CT molecular complexity index is 418. The number of rotatable bonds is 7. The normalized spacial score (nSPS) is 12.9. The Balaban J connectivity index is 3.12. The van der Waals surface area contributed by atoms with Crippen LogP contribution in [0.1, 0.15) is 48.0 Å². The number of hydrogen-bond acceptors (Lipinski definition) is 1. The molecule has 0 spiro atoms. The number of hydrogen-bond donors (Lipinski definition) is 0. The maximum atomic E-state index is 2.64. The Kier molecular flexibility index (Phi) is 6.73. The molecule has 0 saturated carbocycles. The van der Waals surface area contributed by atoms with E-state index in [1.54, 1.807) is 0 Å². The van der Waals surface area contributed by atoms with Gasteiger partial charge in [0.2, 0.25) is 0 Å². The third kappa shape index (κ3) is 5.03. The minimum absolute atomic E-state index is 0.355. The quantitative estimate of drug-likeness (QED) is 0.523. The molecule has 0 aliphatic rings. The highest BCUT2D eigenvalue weighted by atomic mass is 28.3. The summed E-state index contributed by atoms with van der Waals surface area (Å²) in [7, 11) is -1.44. The second-order valence-corrected chi connectivity index (χ2v) is 12.2. The van der Waals surface area contributed by atoms with Crippen LogP contribution in [0.3, 0.4) is 0 Å². The molecule has 0 aliphatic carbocycles. The summed E-state index contributed by atoms with van der Waals surface area (Å²) in [4.78, 5) is 0. The zero-order valence-electron chi connectivity index (χ0n) is 14.8. The third-order valence-corrected chi connectivity index (χ3v) is 9.88. The number of nitrogens with zero attached hydrogens (tertiary/aromatic N) is 1. The second-order valence-electron chi connectivity index (χ2n) is 7.14. The van der Waals surface area contributed by atoms with Gasteiger partial charge in [0.15, 0.2) is 8.24 Å². The second kappa shape index (κ2) is 7.84. The van der Waals surface area contributed by atoms with Crippen LogP contribution in [0.2, 0.25) is 18.1 Å². The van der Waals surface area contributed by atoms with Gasteiger partial charge in [-0.1, -0.05) is 65.8 Å². The zero-order valence-corrected chi connectivity index (χ0v) is 15.8. The summed E-state index contributed by atoms with van der Waals surface area (Å²) < 4.78 is 2.64. The van der Waals surface area contributed by atoms with Crippen molar-refractivity contribution >= 4 is 13.9 Å². The molecule has 0 atom stereocenters. The molecule has 0 fully saturated rings. The van der Waals surface area contributed by atoms with Crippen molar-refractivity contribution in [3.63, 3.8) is 0 Å². The molecule has 0 saturated heterocycles. The van der Waals surface area contributed by atoms with Crippen molar-refractivity contribution in [2.24, 2.45) is 5.41 Å². The van der Waals surface area contributed by atoms with Gasteiger partial charge in [0.05, 0.1) is 0 Å². The van der Waals surface area contributed by atoms with E-state index in [4.69, 9.17) is 0 Å². The summed E-state index contributed by atoms with van der Waals surface area (Å²) in [5.74, 6) is 0. The van der Waals surface area contributed by atoms with Gasteiger partial charge >= 0.3 is 0 Å². The van der Waals surface area contributed by atoms with Crippen molar-refractivity contribution in [3.05, 3.63) is 42.6 Å². The zero-order chi connectivity index (χ0) is 15.9. The van der Waals surface area contributed by atoms with Crippen LogP contribution in [0, 0.1) is 5.41 Å². The molecular formula is C19H33NSi. The largest absolute Gasteiger partial charge is 0.375 e. The lowest BCUT2D eigenvalue weighted by Crippen LogP contribution is -2.49. The van der Waals surface area contributed by atoms with Gasteiger partial charge in [0, 0.05) is 5.69 Å². The summed E-state index contributed by atoms with van der Waals surface area (Å²) in [5.41, 5.74) is 1.72. The monoisotopic (exact) mass is 303 g/mol. The number of para-hydroxylation sites is 1. The van der Waals surface area contributed by atoms with Gasteiger partial charge in [-0.25, -0.2) is 0 Å². The van der Waals surface area contributed by atoms with Gasteiger partial charge in [0.25, 0.3) is 0 Å². The Morgan fingerprint density at radius 1 is 0.952 bits per heavy atom. The van der Waals surface area contributed by atoms with E-state index < -0.39 is 8.24 Å². The molecule has 1 aromatic carbocycles. The first-order chi connectivity index (χ1) is 9.88. The van der Waals surface area contributed by atoms with Crippen LogP contribution in [-0.2, 0) is 0 Å². The van der Waals surface area contributed by atoms with Crippen LogP contribution in [0.15, 0.2) is 42.6 Å². The fraction of sp³-hybridized carbons (Fsp3) is 0.579. The topological polar surface area (TPSA) is 3.24 Å². The van der Waals surface area contributed by atoms with E-state index in [2.05, 4.69) is 88.7 Å². The molecule has 1 rings (SSSR count). The van der Waals surface area contributed by atoms with E-state index in [9.17, 15) is 0 Å². The lowest BCUT2D eigenvalue weighted by molar-refractivity contribution is 0.420. The summed E-state index contributed by atoms with van der Waals surface area (Å²) in [6, 6.07) is 14.8. The molecule has 118 valence electrons. The van der Waals surface area contributed by atoms with Gasteiger partial charge < -0.3 is 4.57 Å². The van der Waals surface area contributed by atoms with Gasteiger partial charge in [0.1, 0.15) is 0 Å². The van der Waals surface area contributed by atoms with Crippen molar-refractivity contribution in [1.29, 1.82) is 0 Å². The predicted octanol–water partition coefficient (Wildman–Crippen LogP) is 6.45. The average Bonchev–Trinajstić information content (AvgIpc) is 2.47. The first-order valence-electron chi connectivity index (χ1n) is 8.39. The first-order valence-corrected chi connectivity index (χ1v) is 11.0. The third-order valence-electron chi connectivity index (χ3n) is 4.50. The van der Waals surface area contributed by atoms with Crippen molar-refractivity contribution in [2.75, 3.05) is 4.57 Å². The fourth-order valence-electron chi connectivity index (χ4n) is 2.88. The molecule has 1 nitrogen and oxygen atoms in total. The minimum atomic E-state index is -1.44. The number of benzene rings is 1. The molecule has 0 bridgehead atoms. The Morgan fingerprint density at radius 3 is 1.90 bits per heavy atom. The van der Waals surface area contributed by atoms with Crippen molar-refractivity contribution in [2.45, 2.75) is 66.1 Å². The molecular weight excluding hydrogens is 270 g/mol. The molecule has 0 radical (unpaired) electrons. The first kappa shape index (κ1) is 18.0. The Labute approximate surface area is 133 Å². The van der Waals surface area contributed by atoms with Gasteiger partial charge in [-0.2, -0.15) is 0 Å². The maximum absolute atomic E-state index is 2.64. The Morgan fingerprint density at radius 2 is 1.48 bits per heavy atom. The summed E-state index contributed by atoms with van der Waals surface area (Å²) in [6.07, 6.45) is 5.87. The van der Waals surface area contributed by atoms with Crippen LogP contribution in [0.5, 0.6) is 0 Å².